The SMILES string of the molecule is CN(C)CCNc1cc(Br)c(F)cc1F. The zero-order valence-electron chi connectivity index (χ0n) is 8.65. The smallest absolute Gasteiger partial charge is 0.149 e. The second kappa shape index (κ2) is 5.42. The minimum atomic E-state index is -0.592. The Kier molecular flexibility index (Phi) is 4.47. The molecule has 5 heteroatoms. The van der Waals surface area contributed by atoms with Crippen LogP contribution in [0.5, 0.6) is 0 Å². The Labute approximate surface area is 96.4 Å². The number of nitrogens with zero attached hydrogens (tertiary/aromatic N) is 1. The van der Waals surface area contributed by atoms with Crippen LogP contribution in [0.4, 0.5) is 14.5 Å². The fourth-order valence-corrected chi connectivity index (χ4v) is 1.42. The third-order valence-corrected chi connectivity index (χ3v) is 2.49. The van der Waals surface area contributed by atoms with Crippen molar-refractivity contribution in [2.24, 2.45) is 0 Å². The van der Waals surface area contributed by atoms with Crippen LogP contribution in [0.25, 0.3) is 0 Å². The van der Waals surface area contributed by atoms with Gasteiger partial charge in [0.2, 0.25) is 0 Å². The molecule has 2 nitrogen and oxygen atoms in total. The average Bonchev–Trinajstić information content (AvgIpc) is 2.13. The van der Waals surface area contributed by atoms with Crippen molar-refractivity contribution in [2.75, 3.05) is 32.5 Å². The largest absolute Gasteiger partial charge is 0.381 e. The van der Waals surface area contributed by atoms with E-state index in [1.165, 1.54) is 6.07 Å². The molecular formula is C10H13BrF2N2. The maximum Gasteiger partial charge on any atom is 0.149 e. The van der Waals surface area contributed by atoms with Gasteiger partial charge in [0.25, 0.3) is 0 Å². The molecule has 1 N–H and O–H groups in total. The number of hydrogen-bond donors (Lipinski definition) is 1. The summed E-state index contributed by atoms with van der Waals surface area (Å²) in [5, 5.41) is 2.90. The zero-order valence-corrected chi connectivity index (χ0v) is 10.2. The summed E-state index contributed by atoms with van der Waals surface area (Å²) in [6, 6.07) is 2.27. The van der Waals surface area contributed by atoms with Crippen molar-refractivity contribution in [3.8, 4) is 0 Å². The number of rotatable bonds is 4. The fourth-order valence-electron chi connectivity index (χ4n) is 1.07. The Balaban J connectivity index is 2.65. The first kappa shape index (κ1) is 12.4. The Morgan fingerprint density at radius 1 is 1.27 bits per heavy atom. The molecule has 0 atom stereocenters. The van der Waals surface area contributed by atoms with Crippen LogP contribution in [0.1, 0.15) is 0 Å². The summed E-state index contributed by atoms with van der Waals surface area (Å²) in [7, 11) is 3.86. The second-order valence-corrected chi connectivity index (χ2v) is 4.33. The molecule has 0 spiro atoms. The number of halogens is 3. The average molecular weight is 279 g/mol. The molecule has 0 saturated carbocycles. The zero-order chi connectivity index (χ0) is 11.4. The lowest BCUT2D eigenvalue weighted by Crippen LogP contribution is -2.21. The van der Waals surface area contributed by atoms with Gasteiger partial charge in [-0.1, -0.05) is 0 Å². The molecule has 0 saturated heterocycles. The van der Waals surface area contributed by atoms with Gasteiger partial charge in [-0.2, -0.15) is 0 Å². The first-order chi connectivity index (χ1) is 7.00. The van der Waals surface area contributed by atoms with E-state index in [1.807, 2.05) is 19.0 Å². The van der Waals surface area contributed by atoms with Gasteiger partial charge in [0.1, 0.15) is 11.6 Å². The first-order valence-corrected chi connectivity index (χ1v) is 5.33. The highest BCUT2D eigenvalue weighted by atomic mass is 79.9. The molecule has 1 aromatic carbocycles. The van der Waals surface area contributed by atoms with Crippen LogP contribution in [0, 0.1) is 11.6 Å². The second-order valence-electron chi connectivity index (χ2n) is 3.48. The fraction of sp³-hybridized carbons (Fsp3) is 0.400. The van der Waals surface area contributed by atoms with E-state index < -0.39 is 11.6 Å². The summed E-state index contributed by atoms with van der Waals surface area (Å²) in [4.78, 5) is 1.98. The van der Waals surface area contributed by atoms with Gasteiger partial charge in [-0.3, -0.25) is 0 Å². The van der Waals surface area contributed by atoms with Crippen LogP contribution >= 0.6 is 15.9 Å². The van der Waals surface area contributed by atoms with Crippen LogP contribution in [-0.2, 0) is 0 Å². The number of nitrogens with one attached hydrogen (secondary N) is 1. The van der Waals surface area contributed by atoms with E-state index in [4.69, 9.17) is 0 Å². The van der Waals surface area contributed by atoms with E-state index in [2.05, 4.69) is 21.2 Å². The van der Waals surface area contributed by atoms with Crippen molar-refractivity contribution in [3.05, 3.63) is 28.2 Å². The number of anilines is 1. The van der Waals surface area contributed by atoms with Gasteiger partial charge < -0.3 is 10.2 Å². The van der Waals surface area contributed by atoms with E-state index in [0.717, 1.165) is 12.6 Å². The minimum absolute atomic E-state index is 0.260. The molecule has 0 amide bonds. The Morgan fingerprint density at radius 2 is 1.93 bits per heavy atom. The molecule has 0 radical (unpaired) electrons. The predicted octanol–water partition coefficient (Wildman–Crippen LogP) is 2.70. The summed E-state index contributed by atoms with van der Waals surface area (Å²) < 4.78 is 26.4. The highest BCUT2D eigenvalue weighted by Crippen LogP contribution is 2.23. The van der Waals surface area contributed by atoms with E-state index in [-0.39, 0.29) is 4.47 Å². The highest BCUT2D eigenvalue weighted by molar-refractivity contribution is 9.10. The molecular weight excluding hydrogens is 266 g/mol. The molecule has 0 aliphatic rings. The van der Waals surface area contributed by atoms with Gasteiger partial charge >= 0.3 is 0 Å². The van der Waals surface area contributed by atoms with Crippen molar-refractivity contribution < 1.29 is 8.78 Å². The van der Waals surface area contributed by atoms with Crippen molar-refractivity contribution in [2.45, 2.75) is 0 Å². The van der Waals surface area contributed by atoms with Gasteiger partial charge in [-0.05, 0) is 36.1 Å². The summed E-state index contributed by atoms with van der Waals surface area (Å²) in [5.74, 6) is -1.17. The van der Waals surface area contributed by atoms with Crippen molar-refractivity contribution in [1.29, 1.82) is 0 Å². The number of hydrogen-bond acceptors (Lipinski definition) is 2. The molecule has 1 rings (SSSR count). The summed E-state index contributed by atoms with van der Waals surface area (Å²) in [5.41, 5.74) is 0.310. The molecule has 0 fully saturated rings. The van der Waals surface area contributed by atoms with Gasteiger partial charge in [-0.25, -0.2) is 8.78 Å². The molecule has 0 heterocycles. The minimum Gasteiger partial charge on any atom is -0.381 e. The molecule has 0 aromatic heterocycles. The molecule has 1 aromatic rings. The van der Waals surface area contributed by atoms with Crippen LogP contribution in [0.3, 0.4) is 0 Å². The van der Waals surface area contributed by atoms with Crippen LogP contribution in [0.15, 0.2) is 16.6 Å². The third-order valence-electron chi connectivity index (χ3n) is 1.88. The number of benzene rings is 1. The van der Waals surface area contributed by atoms with Crippen molar-refractivity contribution in [1.82, 2.24) is 4.90 Å². The van der Waals surface area contributed by atoms with E-state index in [0.29, 0.717) is 12.2 Å². The van der Waals surface area contributed by atoms with E-state index in [1.54, 1.807) is 0 Å². The topological polar surface area (TPSA) is 15.3 Å². The lowest BCUT2D eigenvalue weighted by molar-refractivity contribution is 0.425. The first-order valence-electron chi connectivity index (χ1n) is 4.54. The van der Waals surface area contributed by atoms with E-state index in [9.17, 15) is 8.78 Å². The summed E-state index contributed by atoms with van der Waals surface area (Å²) >= 11 is 3.01. The maximum atomic E-state index is 13.2. The lowest BCUT2D eigenvalue weighted by Gasteiger charge is -2.12. The summed E-state index contributed by atoms with van der Waals surface area (Å²) in [6.07, 6.45) is 0. The standard InChI is InChI=1S/C10H13BrF2N2/c1-15(2)4-3-14-10-5-7(11)8(12)6-9(10)13/h5-6,14H,3-4H2,1-2H3. The molecule has 0 bridgehead atoms. The van der Waals surface area contributed by atoms with Crippen LogP contribution in [-0.4, -0.2) is 32.1 Å². The molecule has 84 valence electrons. The number of likely N-dealkylation sites (N-methyl/N-ethyl adjacent to an activating group) is 1. The third kappa shape index (κ3) is 3.76. The van der Waals surface area contributed by atoms with E-state index >= 15 is 0 Å². The quantitative estimate of drug-likeness (QED) is 0.852. The lowest BCUT2D eigenvalue weighted by atomic mass is 10.3. The highest BCUT2D eigenvalue weighted by Gasteiger charge is 2.07. The van der Waals surface area contributed by atoms with Gasteiger partial charge in [0.15, 0.2) is 0 Å². The normalized spacial score (nSPS) is 10.8. The Morgan fingerprint density at radius 3 is 2.53 bits per heavy atom. The van der Waals surface area contributed by atoms with Gasteiger partial charge in [0.05, 0.1) is 10.2 Å². The molecule has 0 aliphatic heterocycles. The monoisotopic (exact) mass is 278 g/mol. The van der Waals surface area contributed by atoms with Crippen LogP contribution in [0.2, 0.25) is 0 Å². The Bertz CT molecular complexity index is 342. The van der Waals surface area contributed by atoms with Gasteiger partial charge in [0, 0.05) is 19.2 Å². The predicted molar refractivity (Wildman–Crippen MR) is 61.1 cm³/mol. The van der Waals surface area contributed by atoms with Crippen molar-refractivity contribution in [3.63, 3.8) is 0 Å². The maximum absolute atomic E-state index is 13.2. The molecule has 0 aliphatic carbocycles. The molecule has 15 heavy (non-hydrogen) atoms. The van der Waals surface area contributed by atoms with Crippen molar-refractivity contribution >= 4 is 21.6 Å². The van der Waals surface area contributed by atoms with Gasteiger partial charge in [-0.15, -0.1) is 0 Å². The Hall–Kier alpha value is -0.680. The summed E-state index contributed by atoms with van der Waals surface area (Å²) in [6.45, 7) is 1.40. The van der Waals surface area contributed by atoms with Crippen LogP contribution < -0.4 is 5.32 Å². The molecule has 0 unspecified atom stereocenters.